The second kappa shape index (κ2) is 13.8. The van der Waals surface area contributed by atoms with E-state index in [9.17, 15) is 18.0 Å². The molecule has 2 amide bonds. The van der Waals surface area contributed by atoms with Gasteiger partial charge in [-0.3, -0.25) is 13.9 Å². The number of hydrogen-bond acceptors (Lipinski definition) is 4. The van der Waals surface area contributed by atoms with Crippen LogP contribution in [-0.4, -0.2) is 50.8 Å². The molecule has 3 aromatic rings. The first-order chi connectivity index (χ1) is 18.3. The van der Waals surface area contributed by atoms with Gasteiger partial charge in [0.25, 0.3) is 10.0 Å². The standard InChI is InChI=1S/C30H37N3O4S/c1-4-21-31-30(35)28(5-2)32(22-20-25-12-8-6-9-13-25)29(34)23-33(26-14-10-7-11-15-26)38(36,37)27-18-16-24(3)17-19-27/h6-19,28H,4-5,20-23H2,1-3H3,(H,31,35)/t28-/m1/s1. The van der Waals surface area contributed by atoms with E-state index in [2.05, 4.69) is 5.32 Å². The number of amides is 2. The third-order valence-electron chi connectivity index (χ3n) is 6.35. The van der Waals surface area contributed by atoms with Crippen molar-refractivity contribution in [2.45, 2.75) is 51.0 Å². The van der Waals surface area contributed by atoms with E-state index < -0.39 is 28.5 Å². The van der Waals surface area contributed by atoms with Gasteiger partial charge in [-0.25, -0.2) is 8.42 Å². The van der Waals surface area contributed by atoms with Gasteiger partial charge in [0.05, 0.1) is 10.6 Å². The predicted octanol–water partition coefficient (Wildman–Crippen LogP) is 4.57. The maximum absolute atomic E-state index is 13.9. The van der Waals surface area contributed by atoms with Gasteiger partial charge in [-0.1, -0.05) is 80.1 Å². The molecule has 202 valence electrons. The summed E-state index contributed by atoms with van der Waals surface area (Å²) in [5, 5.41) is 2.90. The zero-order chi connectivity index (χ0) is 27.5. The number of para-hydroxylation sites is 1. The Hall–Kier alpha value is -3.65. The Morgan fingerprint density at radius 2 is 1.47 bits per heavy atom. The summed E-state index contributed by atoms with van der Waals surface area (Å²) in [7, 11) is -4.05. The SMILES string of the molecule is CCCNC(=O)[C@@H](CC)N(CCc1ccccc1)C(=O)CN(c1ccccc1)S(=O)(=O)c1ccc(C)cc1. The molecule has 38 heavy (non-hydrogen) atoms. The molecule has 3 aromatic carbocycles. The van der Waals surface area contributed by atoms with E-state index in [0.717, 1.165) is 21.9 Å². The maximum Gasteiger partial charge on any atom is 0.264 e. The second-order valence-electron chi connectivity index (χ2n) is 9.20. The van der Waals surface area contributed by atoms with Crippen LogP contribution >= 0.6 is 0 Å². The summed E-state index contributed by atoms with van der Waals surface area (Å²) in [6, 6.07) is 24.2. The number of sulfonamides is 1. The van der Waals surface area contributed by atoms with E-state index >= 15 is 0 Å². The van der Waals surface area contributed by atoms with Gasteiger partial charge >= 0.3 is 0 Å². The van der Waals surface area contributed by atoms with E-state index in [-0.39, 0.29) is 17.3 Å². The van der Waals surface area contributed by atoms with E-state index in [1.54, 1.807) is 54.6 Å². The van der Waals surface area contributed by atoms with Crippen LogP contribution in [0.4, 0.5) is 5.69 Å². The summed E-state index contributed by atoms with van der Waals surface area (Å²) in [5.41, 5.74) is 2.34. The lowest BCUT2D eigenvalue weighted by molar-refractivity contribution is -0.139. The zero-order valence-electron chi connectivity index (χ0n) is 22.3. The molecular weight excluding hydrogens is 498 g/mol. The Bertz CT molecular complexity index is 1280. The highest BCUT2D eigenvalue weighted by Gasteiger charge is 2.33. The molecule has 1 N–H and O–H groups in total. The van der Waals surface area contributed by atoms with E-state index in [4.69, 9.17) is 0 Å². The van der Waals surface area contributed by atoms with Crippen LogP contribution in [0.1, 0.15) is 37.8 Å². The van der Waals surface area contributed by atoms with Crippen LogP contribution in [0, 0.1) is 6.92 Å². The normalized spacial score (nSPS) is 12.0. The third kappa shape index (κ3) is 7.44. The number of aryl methyl sites for hydroxylation is 1. The highest BCUT2D eigenvalue weighted by molar-refractivity contribution is 7.92. The number of carbonyl (C=O) groups excluding carboxylic acids is 2. The summed E-state index contributed by atoms with van der Waals surface area (Å²) in [5.74, 6) is -0.664. The van der Waals surface area contributed by atoms with Crippen LogP contribution in [-0.2, 0) is 26.0 Å². The fourth-order valence-corrected chi connectivity index (χ4v) is 5.64. The van der Waals surface area contributed by atoms with Gasteiger partial charge < -0.3 is 10.2 Å². The van der Waals surface area contributed by atoms with E-state index in [1.807, 2.05) is 51.1 Å². The van der Waals surface area contributed by atoms with Crippen LogP contribution in [0.2, 0.25) is 0 Å². The largest absolute Gasteiger partial charge is 0.354 e. The Morgan fingerprint density at radius 1 is 0.868 bits per heavy atom. The Balaban J connectivity index is 1.96. The van der Waals surface area contributed by atoms with Gasteiger partial charge in [0, 0.05) is 13.1 Å². The van der Waals surface area contributed by atoms with Gasteiger partial charge in [0.1, 0.15) is 12.6 Å². The lowest BCUT2D eigenvalue weighted by atomic mass is 10.1. The van der Waals surface area contributed by atoms with Gasteiger partial charge in [-0.15, -0.1) is 0 Å². The quantitative estimate of drug-likeness (QED) is 0.348. The van der Waals surface area contributed by atoms with Crippen LogP contribution in [0.15, 0.2) is 89.8 Å². The monoisotopic (exact) mass is 535 g/mol. The van der Waals surface area contributed by atoms with Crippen molar-refractivity contribution in [1.82, 2.24) is 10.2 Å². The fraction of sp³-hybridized carbons (Fsp3) is 0.333. The van der Waals surface area contributed by atoms with Gasteiger partial charge in [0.2, 0.25) is 11.8 Å². The van der Waals surface area contributed by atoms with Gasteiger partial charge in [0.15, 0.2) is 0 Å². The molecule has 1 atom stereocenters. The van der Waals surface area contributed by atoms with Crippen molar-refractivity contribution in [3.63, 3.8) is 0 Å². The number of rotatable bonds is 13. The molecule has 0 fully saturated rings. The molecule has 0 saturated heterocycles. The first-order valence-corrected chi connectivity index (χ1v) is 14.5. The Kier molecular flexibility index (Phi) is 10.5. The average molecular weight is 536 g/mol. The van der Waals surface area contributed by atoms with Crippen LogP contribution in [0.3, 0.4) is 0 Å². The number of benzene rings is 3. The van der Waals surface area contributed by atoms with Gasteiger partial charge in [-0.05, 0) is 56.0 Å². The zero-order valence-corrected chi connectivity index (χ0v) is 23.2. The summed E-state index contributed by atoms with van der Waals surface area (Å²) in [4.78, 5) is 28.6. The van der Waals surface area contributed by atoms with Crippen LogP contribution in [0.25, 0.3) is 0 Å². The lowest BCUT2D eigenvalue weighted by Gasteiger charge is -2.33. The summed E-state index contributed by atoms with van der Waals surface area (Å²) >= 11 is 0. The number of hydrogen-bond donors (Lipinski definition) is 1. The van der Waals surface area contributed by atoms with Crippen molar-refractivity contribution in [3.05, 3.63) is 96.1 Å². The third-order valence-corrected chi connectivity index (χ3v) is 8.14. The highest BCUT2D eigenvalue weighted by atomic mass is 32.2. The Labute approximate surface area is 226 Å². The second-order valence-corrected chi connectivity index (χ2v) is 11.1. The number of carbonyl (C=O) groups is 2. The van der Waals surface area contributed by atoms with Crippen molar-refractivity contribution in [2.75, 3.05) is 23.9 Å². The topological polar surface area (TPSA) is 86.8 Å². The average Bonchev–Trinajstić information content (AvgIpc) is 2.93. The molecule has 0 heterocycles. The van der Waals surface area contributed by atoms with E-state index in [0.29, 0.717) is 25.1 Å². The van der Waals surface area contributed by atoms with Crippen LogP contribution < -0.4 is 9.62 Å². The highest BCUT2D eigenvalue weighted by Crippen LogP contribution is 2.24. The van der Waals surface area contributed by atoms with Crippen molar-refractivity contribution < 1.29 is 18.0 Å². The number of nitrogens with zero attached hydrogens (tertiary/aromatic N) is 2. The van der Waals surface area contributed by atoms with Crippen molar-refractivity contribution in [1.29, 1.82) is 0 Å². The van der Waals surface area contributed by atoms with Crippen molar-refractivity contribution in [3.8, 4) is 0 Å². The molecule has 0 aromatic heterocycles. The fourth-order valence-electron chi connectivity index (χ4n) is 4.22. The van der Waals surface area contributed by atoms with E-state index in [1.165, 1.54) is 4.90 Å². The molecule has 0 aliphatic carbocycles. The van der Waals surface area contributed by atoms with Crippen LogP contribution in [0.5, 0.6) is 0 Å². The minimum Gasteiger partial charge on any atom is -0.354 e. The predicted molar refractivity (Wildman–Crippen MR) is 151 cm³/mol. The Morgan fingerprint density at radius 3 is 2.05 bits per heavy atom. The van der Waals surface area contributed by atoms with Crippen molar-refractivity contribution >= 4 is 27.5 Å². The molecule has 0 radical (unpaired) electrons. The molecule has 7 nitrogen and oxygen atoms in total. The molecule has 0 saturated carbocycles. The summed E-state index contributed by atoms with van der Waals surface area (Å²) < 4.78 is 28.7. The molecular formula is C30H37N3O4S. The molecule has 3 rings (SSSR count). The summed E-state index contributed by atoms with van der Waals surface area (Å²) in [6.45, 7) is 6.08. The molecule has 0 aliphatic heterocycles. The minimum atomic E-state index is -4.05. The molecule has 0 aliphatic rings. The maximum atomic E-state index is 13.9. The van der Waals surface area contributed by atoms with Crippen molar-refractivity contribution in [2.24, 2.45) is 0 Å². The van der Waals surface area contributed by atoms with Gasteiger partial charge in [-0.2, -0.15) is 0 Å². The minimum absolute atomic E-state index is 0.100. The first-order valence-electron chi connectivity index (χ1n) is 13.0. The smallest absolute Gasteiger partial charge is 0.264 e. The summed E-state index contributed by atoms with van der Waals surface area (Å²) in [6.07, 6.45) is 1.73. The first kappa shape index (κ1) is 28.9. The molecule has 0 unspecified atom stereocenters. The molecule has 0 bridgehead atoms. The lowest BCUT2D eigenvalue weighted by Crippen LogP contribution is -2.53. The number of nitrogens with one attached hydrogen (secondary N) is 1. The molecule has 8 heteroatoms. The molecule has 0 spiro atoms. The number of anilines is 1.